The Labute approximate surface area is 127 Å². The Morgan fingerprint density at radius 3 is 2.25 bits per heavy atom. The van der Waals surface area contributed by atoms with Gasteiger partial charge in [0.05, 0.1) is 0 Å². The van der Waals surface area contributed by atoms with Crippen molar-refractivity contribution in [1.29, 1.82) is 0 Å². The molecule has 0 bridgehead atoms. The molecule has 0 fully saturated rings. The molecule has 3 heteroatoms. The molecule has 0 radical (unpaired) electrons. The highest BCUT2D eigenvalue weighted by molar-refractivity contribution is 9.10. The van der Waals surface area contributed by atoms with Crippen molar-refractivity contribution in [2.75, 3.05) is 0 Å². The van der Waals surface area contributed by atoms with Crippen LogP contribution in [0.1, 0.15) is 32.6 Å². The number of Topliss-reactive ketones (excluding diaryl/α,β-unsaturated/α-hetero) is 1. The van der Waals surface area contributed by atoms with Gasteiger partial charge in [-0.2, -0.15) is 0 Å². The van der Waals surface area contributed by atoms with Crippen LogP contribution in [0.25, 0.3) is 0 Å². The third kappa shape index (κ3) is 3.15. The third-order valence-electron chi connectivity index (χ3n) is 3.41. The summed E-state index contributed by atoms with van der Waals surface area (Å²) in [4.78, 5) is 12.4. The maximum Gasteiger partial charge on any atom is 0.168 e. The predicted octanol–water partition coefficient (Wildman–Crippen LogP) is 4.94. The molecule has 2 aromatic carbocycles. The van der Waals surface area contributed by atoms with E-state index in [-0.39, 0.29) is 11.6 Å². The van der Waals surface area contributed by atoms with Crippen molar-refractivity contribution in [3.63, 3.8) is 0 Å². The second-order valence-electron chi connectivity index (χ2n) is 5.10. The van der Waals surface area contributed by atoms with Crippen LogP contribution in [0.15, 0.2) is 34.8 Å². The van der Waals surface area contributed by atoms with Crippen molar-refractivity contribution in [1.82, 2.24) is 0 Å². The zero-order valence-corrected chi connectivity index (χ0v) is 13.3. The average molecular weight is 335 g/mol. The third-order valence-corrected chi connectivity index (χ3v) is 4.07. The molecule has 0 spiro atoms. The van der Waals surface area contributed by atoms with Crippen LogP contribution in [0.2, 0.25) is 0 Å². The number of rotatable bonds is 3. The molecule has 0 heterocycles. The fraction of sp³-hybridized carbons (Fsp3) is 0.235. The quantitative estimate of drug-likeness (QED) is 0.726. The van der Waals surface area contributed by atoms with E-state index in [0.29, 0.717) is 16.5 Å². The zero-order chi connectivity index (χ0) is 14.9. The summed E-state index contributed by atoms with van der Waals surface area (Å²) in [7, 11) is 0. The number of carbonyl (C=O) groups is 1. The van der Waals surface area contributed by atoms with Crippen molar-refractivity contribution in [2.24, 2.45) is 0 Å². The summed E-state index contributed by atoms with van der Waals surface area (Å²) >= 11 is 3.25. The lowest BCUT2D eigenvalue weighted by Crippen LogP contribution is -2.08. The molecule has 1 nitrogen and oxygen atoms in total. The summed E-state index contributed by atoms with van der Waals surface area (Å²) < 4.78 is 13.6. The van der Waals surface area contributed by atoms with E-state index in [1.807, 2.05) is 20.8 Å². The van der Waals surface area contributed by atoms with Gasteiger partial charge >= 0.3 is 0 Å². The second kappa shape index (κ2) is 5.88. The topological polar surface area (TPSA) is 17.1 Å². The van der Waals surface area contributed by atoms with Crippen molar-refractivity contribution < 1.29 is 9.18 Å². The zero-order valence-electron chi connectivity index (χ0n) is 11.8. The number of aryl methyl sites for hydroxylation is 3. The van der Waals surface area contributed by atoms with Gasteiger partial charge in [0, 0.05) is 16.5 Å². The van der Waals surface area contributed by atoms with Crippen LogP contribution in [-0.2, 0) is 6.42 Å². The Hall–Kier alpha value is -1.48. The Morgan fingerprint density at radius 2 is 1.70 bits per heavy atom. The first-order chi connectivity index (χ1) is 9.38. The van der Waals surface area contributed by atoms with E-state index in [4.69, 9.17) is 0 Å². The monoisotopic (exact) mass is 334 g/mol. The molecule has 104 valence electrons. The standard InChI is InChI=1S/C17H16BrFO/c1-10-6-11(2)15(12(3)7-10)9-17(20)14-5-4-13(19)8-16(14)18/h4-8H,9H2,1-3H3. The fourth-order valence-corrected chi connectivity index (χ4v) is 3.03. The van der Waals surface area contributed by atoms with Gasteiger partial charge in [0.15, 0.2) is 5.78 Å². The Balaban J connectivity index is 2.33. The summed E-state index contributed by atoms with van der Waals surface area (Å²) in [5, 5.41) is 0. The van der Waals surface area contributed by atoms with Crippen molar-refractivity contribution in [3.8, 4) is 0 Å². The summed E-state index contributed by atoms with van der Waals surface area (Å²) in [5.74, 6) is -0.358. The SMILES string of the molecule is Cc1cc(C)c(CC(=O)c2ccc(F)cc2Br)c(C)c1. The summed E-state index contributed by atoms with van der Waals surface area (Å²) in [6.45, 7) is 6.08. The molecule has 2 rings (SSSR count). The molecular formula is C17H16BrFO. The lowest BCUT2D eigenvalue weighted by molar-refractivity contribution is 0.0992. The highest BCUT2D eigenvalue weighted by Crippen LogP contribution is 2.23. The Morgan fingerprint density at radius 1 is 1.10 bits per heavy atom. The van der Waals surface area contributed by atoms with Crippen LogP contribution in [0, 0.1) is 26.6 Å². The van der Waals surface area contributed by atoms with Gasteiger partial charge in [0.1, 0.15) is 5.82 Å². The van der Waals surface area contributed by atoms with Gasteiger partial charge in [-0.1, -0.05) is 17.7 Å². The van der Waals surface area contributed by atoms with Crippen LogP contribution in [0.3, 0.4) is 0 Å². The van der Waals surface area contributed by atoms with E-state index < -0.39 is 0 Å². The van der Waals surface area contributed by atoms with Crippen molar-refractivity contribution >= 4 is 21.7 Å². The molecule has 0 amide bonds. The number of hydrogen-bond donors (Lipinski definition) is 0. The summed E-state index contributed by atoms with van der Waals surface area (Å²) in [6, 6.07) is 8.32. The predicted molar refractivity (Wildman–Crippen MR) is 82.8 cm³/mol. The maximum absolute atomic E-state index is 13.1. The summed E-state index contributed by atoms with van der Waals surface area (Å²) in [5.41, 5.74) is 5.00. The molecule has 0 saturated heterocycles. The van der Waals surface area contributed by atoms with Gasteiger partial charge < -0.3 is 0 Å². The molecule has 0 aliphatic rings. The molecule has 0 atom stereocenters. The number of carbonyl (C=O) groups excluding carboxylic acids is 1. The molecule has 0 saturated carbocycles. The molecule has 2 aromatic rings. The average Bonchev–Trinajstić information content (AvgIpc) is 2.33. The van der Waals surface area contributed by atoms with Gasteiger partial charge in [-0.15, -0.1) is 0 Å². The number of halogens is 2. The highest BCUT2D eigenvalue weighted by Gasteiger charge is 2.14. The first-order valence-corrected chi connectivity index (χ1v) is 7.22. The van der Waals surface area contributed by atoms with Gasteiger partial charge in [0.2, 0.25) is 0 Å². The molecule has 0 aromatic heterocycles. The van der Waals surface area contributed by atoms with Gasteiger partial charge in [-0.05, 0) is 71.6 Å². The minimum Gasteiger partial charge on any atom is -0.294 e. The largest absolute Gasteiger partial charge is 0.294 e. The fourth-order valence-electron chi connectivity index (χ4n) is 2.46. The molecule has 0 unspecified atom stereocenters. The minimum absolute atomic E-state index is 0.00747. The Bertz CT molecular complexity index is 654. The van der Waals surface area contributed by atoms with E-state index in [1.165, 1.54) is 23.8 Å². The van der Waals surface area contributed by atoms with Crippen LogP contribution in [-0.4, -0.2) is 5.78 Å². The van der Waals surface area contributed by atoms with Gasteiger partial charge in [-0.25, -0.2) is 4.39 Å². The normalized spacial score (nSPS) is 10.7. The van der Waals surface area contributed by atoms with E-state index in [2.05, 4.69) is 28.1 Å². The van der Waals surface area contributed by atoms with Gasteiger partial charge in [0.25, 0.3) is 0 Å². The number of ketones is 1. The lowest BCUT2D eigenvalue weighted by atomic mass is 9.94. The van der Waals surface area contributed by atoms with E-state index >= 15 is 0 Å². The lowest BCUT2D eigenvalue weighted by Gasteiger charge is -2.11. The van der Waals surface area contributed by atoms with E-state index in [0.717, 1.165) is 16.7 Å². The number of hydrogen-bond acceptors (Lipinski definition) is 1. The highest BCUT2D eigenvalue weighted by atomic mass is 79.9. The van der Waals surface area contributed by atoms with Crippen LogP contribution >= 0.6 is 15.9 Å². The van der Waals surface area contributed by atoms with E-state index in [9.17, 15) is 9.18 Å². The Kier molecular flexibility index (Phi) is 4.39. The molecule has 20 heavy (non-hydrogen) atoms. The molecule has 0 aliphatic heterocycles. The molecule has 0 aliphatic carbocycles. The van der Waals surface area contributed by atoms with Crippen LogP contribution in [0.4, 0.5) is 4.39 Å². The second-order valence-corrected chi connectivity index (χ2v) is 5.96. The maximum atomic E-state index is 13.1. The minimum atomic E-state index is -0.351. The first kappa shape index (κ1) is 14.9. The van der Waals surface area contributed by atoms with Crippen molar-refractivity contribution in [3.05, 3.63) is 68.4 Å². The van der Waals surface area contributed by atoms with Gasteiger partial charge in [-0.3, -0.25) is 4.79 Å². The van der Waals surface area contributed by atoms with E-state index in [1.54, 1.807) is 0 Å². The first-order valence-electron chi connectivity index (χ1n) is 6.43. The smallest absolute Gasteiger partial charge is 0.168 e. The van der Waals surface area contributed by atoms with Crippen molar-refractivity contribution in [2.45, 2.75) is 27.2 Å². The molecule has 0 N–H and O–H groups in total. The summed E-state index contributed by atoms with van der Waals surface area (Å²) in [6.07, 6.45) is 0.335. The molecular weight excluding hydrogens is 319 g/mol. The van der Waals surface area contributed by atoms with Crippen LogP contribution in [0.5, 0.6) is 0 Å². The number of benzene rings is 2. The van der Waals surface area contributed by atoms with Crippen LogP contribution < -0.4 is 0 Å².